The minimum atomic E-state index is -0.125. The molecule has 0 amide bonds. The molecule has 2 nitrogen and oxygen atoms in total. The van der Waals surface area contributed by atoms with E-state index in [1.165, 1.54) is 0 Å². The molecule has 0 aliphatic heterocycles. The van der Waals surface area contributed by atoms with Gasteiger partial charge in [0, 0.05) is 0 Å². The van der Waals surface area contributed by atoms with E-state index in [9.17, 15) is 0 Å². The molecule has 0 unspecified atom stereocenters. The van der Waals surface area contributed by atoms with Gasteiger partial charge in [-0.15, -0.1) is 0 Å². The molecule has 0 radical (unpaired) electrons. The van der Waals surface area contributed by atoms with Crippen LogP contribution in [0.4, 0.5) is 0 Å². The number of hydrogen-bond acceptors (Lipinski definition) is 2. The molecule has 0 aromatic carbocycles. The van der Waals surface area contributed by atoms with Crippen LogP contribution in [-0.4, -0.2) is 23.4 Å². The van der Waals surface area contributed by atoms with Crippen molar-refractivity contribution in [1.82, 2.24) is 0 Å². The third-order valence-electron chi connectivity index (χ3n) is 0.1000. The van der Waals surface area contributed by atoms with Gasteiger partial charge in [-0.05, 0) is 0 Å². The summed E-state index contributed by atoms with van der Waals surface area (Å²) in [6, 6.07) is 0. The van der Waals surface area contributed by atoms with Crippen molar-refractivity contribution < 1.29 is 56.8 Å². The maximum Gasteiger partial charge on any atom is 1.00 e. The summed E-state index contributed by atoms with van der Waals surface area (Å²) < 4.78 is 0. The van der Waals surface area contributed by atoms with Crippen LogP contribution in [0, 0.1) is 0 Å². The Morgan fingerprint density at radius 2 is 1.17 bits per heavy atom. The quantitative estimate of drug-likeness (QED) is 0.379. The Hall–Kier alpha value is 1.40. The Kier molecular flexibility index (Phi) is 42.1. The van der Waals surface area contributed by atoms with E-state index in [0.717, 1.165) is 0 Å². The summed E-state index contributed by atoms with van der Waals surface area (Å²) in [4.78, 5) is 0. The molecule has 0 rings (SSSR count). The molecular weight excluding hydrogens is 159 g/mol. The summed E-state index contributed by atoms with van der Waals surface area (Å²) in [5.41, 5.74) is 0. The summed E-state index contributed by atoms with van der Waals surface area (Å²) in [5, 5.41) is 15.2. The molecule has 6 heavy (non-hydrogen) atoms. The Balaban J connectivity index is -0.0000000450. The van der Waals surface area contributed by atoms with Crippen LogP contribution in [0.1, 0.15) is 0 Å². The van der Waals surface area contributed by atoms with Crippen LogP contribution in [0.5, 0.6) is 0 Å². The van der Waals surface area contributed by atoms with Gasteiger partial charge < -0.3 is 27.2 Å². The largest absolute Gasteiger partial charge is 1.00 e. The topological polar surface area (TPSA) is 40.5 Å². The molecule has 0 heterocycles. The van der Waals surface area contributed by atoms with Crippen LogP contribution >= 0.6 is 0 Å². The first-order valence-corrected chi connectivity index (χ1v) is 1.13. The van der Waals surface area contributed by atoms with Gasteiger partial charge in [0.1, 0.15) is 0 Å². The molecule has 0 bridgehead atoms. The summed E-state index contributed by atoms with van der Waals surface area (Å²) in [6.07, 6.45) is 0. The first kappa shape index (κ1) is 15.7. The zero-order valence-corrected chi connectivity index (χ0v) is 7.27. The van der Waals surface area contributed by atoms with Crippen molar-refractivity contribution in [2.24, 2.45) is 0 Å². The van der Waals surface area contributed by atoms with E-state index in [0.29, 0.717) is 0 Å². The molecule has 0 aromatic rings. The van der Waals surface area contributed by atoms with E-state index in [1.807, 2.05) is 0 Å². The first-order chi connectivity index (χ1) is 1.91. The first-order valence-electron chi connectivity index (χ1n) is 1.13. The Morgan fingerprint density at radius 1 is 1.00 bits per heavy atom. The molecule has 4 heteroatoms. The zero-order chi connectivity index (χ0) is 3.41. The predicted molar refractivity (Wildman–Crippen MR) is 14.2 cm³/mol. The Morgan fingerprint density at radius 3 is 1.17 bits per heavy atom. The normalized spacial score (nSPS) is 5.00. The number of aliphatic hydroxyl groups is 2. The van der Waals surface area contributed by atoms with Gasteiger partial charge >= 0.3 is 29.6 Å². The van der Waals surface area contributed by atoms with Gasteiger partial charge in [0.25, 0.3) is 0 Å². The standard InChI is InChI=1S/C2H6O2.BrH.Na/c3-1-2-4;;/h3-4H,1-2H2;1H;/q;;+1/p-1. The summed E-state index contributed by atoms with van der Waals surface area (Å²) >= 11 is 0. The molecular formula is C2H6BrNaO2. The van der Waals surface area contributed by atoms with Crippen LogP contribution in [0.25, 0.3) is 0 Å². The van der Waals surface area contributed by atoms with Gasteiger partial charge in [-0.3, -0.25) is 0 Å². The second-order valence-electron chi connectivity index (χ2n) is 0.447. The molecule has 0 aliphatic rings. The van der Waals surface area contributed by atoms with Gasteiger partial charge in [0.05, 0.1) is 13.2 Å². The van der Waals surface area contributed by atoms with Crippen molar-refractivity contribution in [3.05, 3.63) is 0 Å². The van der Waals surface area contributed by atoms with Crippen LogP contribution in [0.3, 0.4) is 0 Å². The molecule has 0 aliphatic carbocycles. The van der Waals surface area contributed by atoms with Gasteiger partial charge in [0.2, 0.25) is 0 Å². The average molecular weight is 165 g/mol. The average Bonchev–Trinajstić information content (AvgIpc) is 1.37. The molecule has 2 N–H and O–H groups in total. The molecule has 0 atom stereocenters. The van der Waals surface area contributed by atoms with Crippen molar-refractivity contribution in [1.29, 1.82) is 0 Å². The number of rotatable bonds is 1. The molecule has 0 spiro atoms. The smallest absolute Gasteiger partial charge is 1.00 e. The van der Waals surface area contributed by atoms with E-state index < -0.39 is 0 Å². The van der Waals surface area contributed by atoms with E-state index in [2.05, 4.69) is 0 Å². The fraction of sp³-hybridized carbons (Fsp3) is 1.00. The Labute approximate surface area is 69.6 Å². The van der Waals surface area contributed by atoms with Crippen LogP contribution in [-0.2, 0) is 0 Å². The monoisotopic (exact) mass is 164 g/mol. The predicted octanol–water partition coefficient (Wildman–Crippen LogP) is -7.02. The van der Waals surface area contributed by atoms with Gasteiger partial charge in [-0.2, -0.15) is 0 Å². The van der Waals surface area contributed by atoms with E-state index in [-0.39, 0.29) is 59.8 Å². The second-order valence-corrected chi connectivity index (χ2v) is 0.447. The summed E-state index contributed by atoms with van der Waals surface area (Å²) in [6.45, 7) is -0.250. The number of hydrogen-bond donors (Lipinski definition) is 2. The molecule has 0 fully saturated rings. The fourth-order valence-electron chi connectivity index (χ4n) is 0. The molecule has 0 saturated heterocycles. The third-order valence-corrected chi connectivity index (χ3v) is 0.1000. The van der Waals surface area contributed by atoms with Crippen molar-refractivity contribution in [3.8, 4) is 0 Å². The molecule has 34 valence electrons. The van der Waals surface area contributed by atoms with Gasteiger partial charge in [-0.1, -0.05) is 0 Å². The fourth-order valence-corrected chi connectivity index (χ4v) is 0. The third kappa shape index (κ3) is 18.2. The maximum absolute atomic E-state index is 7.62. The van der Waals surface area contributed by atoms with Crippen LogP contribution in [0.2, 0.25) is 0 Å². The van der Waals surface area contributed by atoms with E-state index in [1.54, 1.807) is 0 Å². The second kappa shape index (κ2) is 16.1. The minimum absolute atomic E-state index is 0. The van der Waals surface area contributed by atoms with Crippen molar-refractivity contribution >= 4 is 0 Å². The molecule has 0 aromatic heterocycles. The van der Waals surface area contributed by atoms with E-state index >= 15 is 0 Å². The van der Waals surface area contributed by atoms with E-state index in [4.69, 9.17) is 10.2 Å². The van der Waals surface area contributed by atoms with Gasteiger partial charge in [0.15, 0.2) is 0 Å². The van der Waals surface area contributed by atoms with Crippen molar-refractivity contribution in [2.75, 3.05) is 13.2 Å². The summed E-state index contributed by atoms with van der Waals surface area (Å²) in [7, 11) is 0. The minimum Gasteiger partial charge on any atom is -1.00 e. The zero-order valence-electron chi connectivity index (χ0n) is 3.69. The van der Waals surface area contributed by atoms with Crippen LogP contribution in [0.15, 0.2) is 0 Å². The van der Waals surface area contributed by atoms with Crippen LogP contribution < -0.4 is 46.5 Å². The summed E-state index contributed by atoms with van der Waals surface area (Å²) in [5.74, 6) is 0. The van der Waals surface area contributed by atoms with Crippen molar-refractivity contribution in [3.63, 3.8) is 0 Å². The van der Waals surface area contributed by atoms with Gasteiger partial charge in [-0.25, -0.2) is 0 Å². The molecule has 0 saturated carbocycles. The maximum atomic E-state index is 7.62. The van der Waals surface area contributed by atoms with Crippen molar-refractivity contribution in [2.45, 2.75) is 0 Å². The number of halogens is 1. The SMILES string of the molecule is OCCO.[Br-].[Na+]. The Bertz CT molecular complexity index is 13.5. The number of aliphatic hydroxyl groups excluding tert-OH is 2.